The number of aryl methyl sites for hydroxylation is 1. The molecule has 2 rings (SSSR count). The summed E-state index contributed by atoms with van der Waals surface area (Å²) in [5.74, 6) is 0.786. The molecule has 2 heterocycles. The molecule has 7 nitrogen and oxygen atoms in total. The van der Waals surface area contributed by atoms with E-state index in [-0.39, 0.29) is 11.7 Å². The van der Waals surface area contributed by atoms with Gasteiger partial charge in [0.05, 0.1) is 0 Å². The maximum Gasteiger partial charge on any atom is 0.290 e. The molecule has 1 saturated heterocycles. The number of carbonyl (C=O) groups excluding carboxylic acids is 1. The van der Waals surface area contributed by atoms with E-state index in [0.717, 1.165) is 51.4 Å². The molecule has 2 N–H and O–H groups in total. The summed E-state index contributed by atoms with van der Waals surface area (Å²) >= 11 is 0. The Balaban J connectivity index is 1.62. The highest BCUT2D eigenvalue weighted by atomic mass is 16.2. The van der Waals surface area contributed by atoms with Crippen molar-refractivity contribution < 1.29 is 4.79 Å². The summed E-state index contributed by atoms with van der Waals surface area (Å²) in [5, 5.41) is 9.51. The minimum Gasteiger partial charge on any atom is -0.349 e. The van der Waals surface area contributed by atoms with E-state index in [1.54, 1.807) is 0 Å². The molecule has 0 aromatic carbocycles. The lowest BCUT2D eigenvalue weighted by molar-refractivity contribution is 0.0939. The molecule has 1 aromatic heterocycles. The van der Waals surface area contributed by atoms with Crippen LogP contribution >= 0.6 is 0 Å². The van der Waals surface area contributed by atoms with Gasteiger partial charge in [0.2, 0.25) is 5.82 Å². The third-order valence-corrected chi connectivity index (χ3v) is 3.60. The van der Waals surface area contributed by atoms with Crippen molar-refractivity contribution in [2.24, 2.45) is 0 Å². The lowest BCUT2D eigenvalue weighted by Gasteiger charge is -2.32. The van der Waals surface area contributed by atoms with Gasteiger partial charge in [-0.3, -0.25) is 9.89 Å². The normalized spacial score (nSPS) is 17.3. The van der Waals surface area contributed by atoms with E-state index >= 15 is 0 Å². The average Bonchev–Trinajstić information content (AvgIpc) is 2.94. The van der Waals surface area contributed by atoms with Crippen molar-refractivity contribution in [1.82, 2.24) is 30.3 Å². The first-order valence-electron chi connectivity index (χ1n) is 7.29. The topological polar surface area (TPSA) is 77.2 Å². The first kappa shape index (κ1) is 14.9. The number of nitrogens with zero attached hydrogens (tertiary/aromatic N) is 4. The zero-order valence-electron chi connectivity index (χ0n) is 12.4. The third kappa shape index (κ3) is 4.28. The Morgan fingerprint density at radius 2 is 2.10 bits per heavy atom. The van der Waals surface area contributed by atoms with E-state index < -0.39 is 0 Å². The fraction of sp³-hybridized carbons (Fsp3) is 0.769. The van der Waals surface area contributed by atoms with Gasteiger partial charge < -0.3 is 15.1 Å². The summed E-state index contributed by atoms with van der Waals surface area (Å²) in [5.41, 5.74) is 0. The Labute approximate surface area is 119 Å². The molecule has 0 saturated carbocycles. The number of amides is 1. The average molecular weight is 280 g/mol. The van der Waals surface area contributed by atoms with Gasteiger partial charge in [0.25, 0.3) is 5.91 Å². The van der Waals surface area contributed by atoms with Gasteiger partial charge in [-0.15, -0.1) is 5.10 Å². The predicted octanol–water partition coefficient (Wildman–Crippen LogP) is -0.266. The van der Waals surface area contributed by atoms with Crippen LogP contribution in [0.5, 0.6) is 0 Å². The number of aromatic amines is 1. The summed E-state index contributed by atoms with van der Waals surface area (Å²) in [6.45, 7) is 8.16. The molecule has 1 aliphatic rings. The van der Waals surface area contributed by atoms with Crippen LogP contribution in [0.3, 0.4) is 0 Å². The van der Waals surface area contributed by atoms with Gasteiger partial charge in [-0.1, -0.05) is 6.92 Å². The van der Waals surface area contributed by atoms with Gasteiger partial charge in [0.1, 0.15) is 5.82 Å². The molecule has 0 spiro atoms. The van der Waals surface area contributed by atoms with E-state index in [1.165, 1.54) is 0 Å². The third-order valence-electron chi connectivity index (χ3n) is 3.60. The predicted molar refractivity (Wildman–Crippen MR) is 76.6 cm³/mol. The lowest BCUT2D eigenvalue weighted by atomic mass is 10.3. The standard InChI is InChI=1S/C13H24N6O/c1-3-11-15-12(17-16-11)13(20)14-5-4-6-19-9-7-18(2)8-10-19/h3-10H2,1-2H3,(H,14,20)(H,15,16,17). The summed E-state index contributed by atoms with van der Waals surface area (Å²) in [6.07, 6.45) is 1.71. The summed E-state index contributed by atoms with van der Waals surface area (Å²) in [6, 6.07) is 0. The van der Waals surface area contributed by atoms with Gasteiger partial charge in [-0.25, -0.2) is 4.98 Å². The first-order chi connectivity index (χ1) is 9.69. The number of hydrogen-bond donors (Lipinski definition) is 2. The van der Waals surface area contributed by atoms with Crippen molar-refractivity contribution >= 4 is 5.91 Å². The van der Waals surface area contributed by atoms with Crippen LogP contribution in [0, 0.1) is 0 Å². The second kappa shape index (κ2) is 7.35. The number of carbonyl (C=O) groups is 1. The van der Waals surface area contributed by atoms with Crippen LogP contribution in [0.2, 0.25) is 0 Å². The van der Waals surface area contributed by atoms with Crippen molar-refractivity contribution in [1.29, 1.82) is 0 Å². The minimum absolute atomic E-state index is 0.195. The van der Waals surface area contributed by atoms with Crippen LogP contribution in [-0.2, 0) is 6.42 Å². The quantitative estimate of drug-likeness (QED) is 0.702. The van der Waals surface area contributed by atoms with Crippen molar-refractivity contribution in [2.45, 2.75) is 19.8 Å². The van der Waals surface area contributed by atoms with Gasteiger partial charge in [-0.2, -0.15) is 0 Å². The van der Waals surface area contributed by atoms with Gasteiger partial charge in [-0.05, 0) is 20.0 Å². The zero-order valence-corrected chi connectivity index (χ0v) is 12.4. The Morgan fingerprint density at radius 3 is 2.75 bits per heavy atom. The Bertz CT molecular complexity index is 424. The number of piperazine rings is 1. The smallest absolute Gasteiger partial charge is 0.290 e. The van der Waals surface area contributed by atoms with E-state index in [9.17, 15) is 4.79 Å². The number of rotatable bonds is 6. The maximum atomic E-state index is 11.8. The van der Waals surface area contributed by atoms with Crippen molar-refractivity contribution in [3.8, 4) is 0 Å². The fourth-order valence-corrected chi connectivity index (χ4v) is 2.21. The molecular formula is C13H24N6O. The second-order valence-electron chi connectivity index (χ2n) is 5.21. The number of aromatic nitrogens is 3. The first-order valence-corrected chi connectivity index (χ1v) is 7.29. The second-order valence-corrected chi connectivity index (χ2v) is 5.21. The van der Waals surface area contributed by atoms with Crippen LogP contribution < -0.4 is 5.32 Å². The van der Waals surface area contributed by atoms with E-state index in [2.05, 4.69) is 37.3 Å². The van der Waals surface area contributed by atoms with E-state index in [1.807, 2.05) is 6.92 Å². The summed E-state index contributed by atoms with van der Waals surface area (Å²) < 4.78 is 0. The zero-order chi connectivity index (χ0) is 14.4. The lowest BCUT2D eigenvalue weighted by Crippen LogP contribution is -2.45. The molecule has 1 amide bonds. The van der Waals surface area contributed by atoms with Gasteiger partial charge >= 0.3 is 0 Å². The molecule has 0 atom stereocenters. The molecule has 0 unspecified atom stereocenters. The van der Waals surface area contributed by atoms with Crippen LogP contribution in [0.15, 0.2) is 0 Å². The van der Waals surface area contributed by atoms with Gasteiger partial charge in [0, 0.05) is 39.1 Å². The fourth-order valence-electron chi connectivity index (χ4n) is 2.21. The van der Waals surface area contributed by atoms with E-state index in [4.69, 9.17) is 0 Å². The molecule has 7 heteroatoms. The monoisotopic (exact) mass is 280 g/mol. The van der Waals surface area contributed by atoms with Crippen molar-refractivity contribution in [3.05, 3.63) is 11.6 Å². The molecule has 112 valence electrons. The molecular weight excluding hydrogens is 256 g/mol. The number of hydrogen-bond acceptors (Lipinski definition) is 5. The van der Waals surface area contributed by atoms with Crippen LogP contribution in [0.1, 0.15) is 29.8 Å². The van der Waals surface area contributed by atoms with Crippen LogP contribution in [0.4, 0.5) is 0 Å². The van der Waals surface area contributed by atoms with Crippen LogP contribution in [0.25, 0.3) is 0 Å². The largest absolute Gasteiger partial charge is 0.349 e. The Morgan fingerprint density at radius 1 is 1.35 bits per heavy atom. The Kier molecular flexibility index (Phi) is 5.49. The SMILES string of the molecule is CCc1nc(C(=O)NCCCN2CCN(C)CC2)n[nH]1. The summed E-state index contributed by atoms with van der Waals surface area (Å²) in [7, 11) is 2.15. The highest BCUT2D eigenvalue weighted by molar-refractivity contribution is 5.90. The molecule has 0 radical (unpaired) electrons. The highest BCUT2D eigenvalue weighted by Gasteiger charge is 2.14. The number of likely N-dealkylation sites (N-methyl/N-ethyl adjacent to an activating group) is 1. The van der Waals surface area contributed by atoms with Crippen LogP contribution in [-0.4, -0.2) is 77.2 Å². The molecule has 1 fully saturated rings. The molecule has 0 aliphatic carbocycles. The maximum absolute atomic E-state index is 11.8. The molecule has 1 aliphatic heterocycles. The van der Waals surface area contributed by atoms with Crippen molar-refractivity contribution in [2.75, 3.05) is 46.3 Å². The summed E-state index contributed by atoms with van der Waals surface area (Å²) in [4.78, 5) is 20.7. The van der Waals surface area contributed by atoms with E-state index in [0.29, 0.717) is 6.54 Å². The number of nitrogens with one attached hydrogen (secondary N) is 2. The Hall–Kier alpha value is -1.47. The molecule has 20 heavy (non-hydrogen) atoms. The minimum atomic E-state index is -0.195. The molecule has 1 aromatic rings. The van der Waals surface area contributed by atoms with Crippen molar-refractivity contribution in [3.63, 3.8) is 0 Å². The number of H-pyrrole nitrogens is 1. The van der Waals surface area contributed by atoms with Gasteiger partial charge in [0.15, 0.2) is 0 Å². The highest BCUT2D eigenvalue weighted by Crippen LogP contribution is 1.99. The molecule has 0 bridgehead atoms.